The molecule has 0 saturated carbocycles. The number of nitrogens with zero attached hydrogens (tertiary/aromatic N) is 4. The lowest BCUT2D eigenvalue weighted by Gasteiger charge is -2.42. The van der Waals surface area contributed by atoms with Gasteiger partial charge in [-0.3, -0.25) is 9.58 Å². The predicted molar refractivity (Wildman–Crippen MR) is 87.7 cm³/mol. The molecule has 22 heavy (non-hydrogen) atoms. The number of ether oxygens (including phenoxy) is 1. The Kier molecular flexibility index (Phi) is 4.85. The molecule has 5 nitrogen and oxygen atoms in total. The Bertz CT molecular complexity index is 479. The van der Waals surface area contributed by atoms with E-state index >= 15 is 0 Å². The van der Waals surface area contributed by atoms with Gasteiger partial charge in [0.1, 0.15) is 0 Å². The van der Waals surface area contributed by atoms with E-state index in [9.17, 15) is 0 Å². The summed E-state index contributed by atoms with van der Waals surface area (Å²) in [5.74, 6) is 0.701. The predicted octanol–water partition coefficient (Wildman–Crippen LogP) is 1.69. The number of likely N-dealkylation sites (tertiary alicyclic amines) is 2. The van der Waals surface area contributed by atoms with Crippen molar-refractivity contribution in [3.63, 3.8) is 0 Å². The van der Waals surface area contributed by atoms with E-state index in [1.54, 1.807) is 0 Å². The molecule has 0 aliphatic carbocycles. The number of rotatable bonds is 5. The van der Waals surface area contributed by atoms with Crippen LogP contribution >= 0.6 is 0 Å². The average molecular weight is 306 g/mol. The van der Waals surface area contributed by atoms with E-state index < -0.39 is 0 Å². The van der Waals surface area contributed by atoms with Gasteiger partial charge in [-0.15, -0.1) is 0 Å². The maximum absolute atomic E-state index is 5.49. The maximum Gasteiger partial charge on any atom is 0.0534 e. The monoisotopic (exact) mass is 306 g/mol. The minimum absolute atomic E-state index is 0.481. The Balaban J connectivity index is 1.57. The lowest BCUT2D eigenvalue weighted by atomic mass is 9.71. The molecular formula is C17H30N4O. The van der Waals surface area contributed by atoms with Crippen molar-refractivity contribution in [2.24, 2.45) is 11.3 Å². The first-order chi connectivity index (χ1) is 10.6. The molecule has 3 heterocycles. The summed E-state index contributed by atoms with van der Waals surface area (Å²) in [6, 6.07) is 0. The summed E-state index contributed by atoms with van der Waals surface area (Å²) in [6.07, 6.45) is 6.80. The van der Waals surface area contributed by atoms with Crippen molar-refractivity contribution in [2.75, 3.05) is 46.9 Å². The molecular weight excluding hydrogens is 276 g/mol. The van der Waals surface area contributed by atoms with E-state index in [0.29, 0.717) is 11.3 Å². The van der Waals surface area contributed by atoms with Crippen LogP contribution in [0.15, 0.2) is 12.4 Å². The second-order valence-corrected chi connectivity index (χ2v) is 7.19. The fraction of sp³-hybridized carbons (Fsp3) is 0.824. The van der Waals surface area contributed by atoms with Crippen LogP contribution in [-0.2, 0) is 17.8 Å². The van der Waals surface area contributed by atoms with E-state index in [-0.39, 0.29) is 0 Å². The van der Waals surface area contributed by atoms with E-state index in [4.69, 9.17) is 4.74 Å². The lowest BCUT2D eigenvalue weighted by Crippen LogP contribution is -2.44. The topological polar surface area (TPSA) is 33.5 Å². The van der Waals surface area contributed by atoms with Gasteiger partial charge in [0.05, 0.1) is 12.8 Å². The second-order valence-electron chi connectivity index (χ2n) is 7.19. The standard InChI is InChI=1S/C17H30N4O/c1-4-21-11-15(9-18-21)10-20-7-5-17(6-8-20)14-19(2)12-16(17)13-22-3/h9,11,16H,4-8,10,12-14H2,1-3H3. The van der Waals surface area contributed by atoms with Crippen molar-refractivity contribution in [3.8, 4) is 0 Å². The van der Waals surface area contributed by atoms with Gasteiger partial charge >= 0.3 is 0 Å². The van der Waals surface area contributed by atoms with Gasteiger partial charge in [0, 0.05) is 51.0 Å². The van der Waals surface area contributed by atoms with Crippen LogP contribution < -0.4 is 0 Å². The molecule has 0 N–H and O–H groups in total. The van der Waals surface area contributed by atoms with Crippen LogP contribution in [0.25, 0.3) is 0 Å². The summed E-state index contributed by atoms with van der Waals surface area (Å²) >= 11 is 0. The highest BCUT2D eigenvalue weighted by Crippen LogP contribution is 2.44. The van der Waals surface area contributed by atoms with Crippen LogP contribution in [0.5, 0.6) is 0 Å². The SMILES string of the molecule is CCn1cc(CN2CCC3(CC2)CN(C)CC3COC)cn1. The largest absolute Gasteiger partial charge is 0.384 e. The Hall–Kier alpha value is -0.910. The molecule has 2 aliphatic rings. The van der Waals surface area contributed by atoms with Crippen LogP contribution in [0.1, 0.15) is 25.3 Å². The van der Waals surface area contributed by atoms with Gasteiger partial charge < -0.3 is 9.64 Å². The third kappa shape index (κ3) is 3.21. The van der Waals surface area contributed by atoms with Crippen molar-refractivity contribution in [2.45, 2.75) is 32.9 Å². The highest BCUT2D eigenvalue weighted by atomic mass is 16.5. The van der Waals surface area contributed by atoms with Crippen molar-refractivity contribution in [1.82, 2.24) is 19.6 Å². The zero-order chi connectivity index (χ0) is 15.6. The molecule has 1 spiro atoms. The van der Waals surface area contributed by atoms with Crippen molar-refractivity contribution in [3.05, 3.63) is 18.0 Å². The first kappa shape index (κ1) is 16.0. The van der Waals surface area contributed by atoms with Crippen molar-refractivity contribution >= 4 is 0 Å². The smallest absolute Gasteiger partial charge is 0.0534 e. The van der Waals surface area contributed by atoms with Gasteiger partial charge in [-0.2, -0.15) is 5.10 Å². The van der Waals surface area contributed by atoms with Crippen LogP contribution in [0.4, 0.5) is 0 Å². The van der Waals surface area contributed by atoms with Gasteiger partial charge in [0.15, 0.2) is 0 Å². The Labute approximate surface area is 134 Å². The normalized spacial score (nSPS) is 26.0. The number of aryl methyl sites for hydroxylation is 1. The molecule has 2 aliphatic heterocycles. The number of hydrogen-bond donors (Lipinski definition) is 0. The molecule has 0 amide bonds. The quantitative estimate of drug-likeness (QED) is 0.829. The van der Waals surface area contributed by atoms with E-state index in [0.717, 1.165) is 19.7 Å². The number of hydrogen-bond acceptors (Lipinski definition) is 4. The summed E-state index contributed by atoms with van der Waals surface area (Å²) < 4.78 is 7.50. The Morgan fingerprint density at radius 1 is 1.36 bits per heavy atom. The highest BCUT2D eigenvalue weighted by molar-refractivity contribution is 5.05. The molecule has 1 aromatic rings. The third-order valence-electron chi connectivity index (χ3n) is 5.62. The average Bonchev–Trinajstić information content (AvgIpc) is 3.07. The zero-order valence-electron chi connectivity index (χ0n) is 14.3. The van der Waals surface area contributed by atoms with Crippen LogP contribution in [0.2, 0.25) is 0 Å². The van der Waals surface area contributed by atoms with E-state index in [1.807, 2.05) is 18.0 Å². The summed E-state index contributed by atoms with van der Waals surface area (Å²) in [5.41, 5.74) is 1.82. The molecule has 124 valence electrons. The summed E-state index contributed by atoms with van der Waals surface area (Å²) in [7, 11) is 4.09. The molecule has 1 aromatic heterocycles. The van der Waals surface area contributed by atoms with Gasteiger partial charge in [-0.25, -0.2) is 0 Å². The first-order valence-corrected chi connectivity index (χ1v) is 8.56. The Morgan fingerprint density at radius 2 is 2.14 bits per heavy atom. The fourth-order valence-electron chi connectivity index (χ4n) is 4.37. The molecule has 2 fully saturated rings. The number of methoxy groups -OCH3 is 1. The van der Waals surface area contributed by atoms with Crippen molar-refractivity contribution in [1.29, 1.82) is 0 Å². The molecule has 0 bridgehead atoms. The minimum atomic E-state index is 0.481. The van der Waals surface area contributed by atoms with Gasteiger partial charge in [-0.1, -0.05) is 0 Å². The summed E-state index contributed by atoms with van der Waals surface area (Å²) in [5, 5.41) is 4.38. The molecule has 1 unspecified atom stereocenters. The van der Waals surface area contributed by atoms with E-state index in [2.05, 4.69) is 35.1 Å². The van der Waals surface area contributed by atoms with Gasteiger partial charge in [-0.05, 0) is 45.3 Å². The first-order valence-electron chi connectivity index (χ1n) is 8.56. The van der Waals surface area contributed by atoms with Crippen LogP contribution in [0.3, 0.4) is 0 Å². The Morgan fingerprint density at radius 3 is 2.77 bits per heavy atom. The fourth-order valence-corrected chi connectivity index (χ4v) is 4.37. The number of aromatic nitrogens is 2. The molecule has 5 heteroatoms. The van der Waals surface area contributed by atoms with Crippen LogP contribution in [0, 0.1) is 11.3 Å². The highest BCUT2D eigenvalue weighted by Gasteiger charge is 2.46. The lowest BCUT2D eigenvalue weighted by molar-refractivity contribution is 0.0354. The third-order valence-corrected chi connectivity index (χ3v) is 5.62. The molecule has 3 rings (SSSR count). The molecule has 1 atom stereocenters. The van der Waals surface area contributed by atoms with E-state index in [1.165, 1.54) is 44.6 Å². The van der Waals surface area contributed by atoms with Crippen molar-refractivity contribution < 1.29 is 4.74 Å². The van der Waals surface area contributed by atoms with Crippen LogP contribution in [-0.4, -0.2) is 66.5 Å². The van der Waals surface area contributed by atoms with Gasteiger partial charge in [0.2, 0.25) is 0 Å². The maximum atomic E-state index is 5.49. The zero-order valence-corrected chi connectivity index (χ0v) is 14.3. The molecule has 0 aromatic carbocycles. The summed E-state index contributed by atoms with van der Waals surface area (Å²) in [4.78, 5) is 5.08. The van der Waals surface area contributed by atoms with Gasteiger partial charge in [0.25, 0.3) is 0 Å². The summed E-state index contributed by atoms with van der Waals surface area (Å²) in [6.45, 7) is 9.87. The number of piperidine rings is 1. The molecule has 0 radical (unpaired) electrons. The second kappa shape index (κ2) is 6.69. The minimum Gasteiger partial charge on any atom is -0.384 e. The molecule has 2 saturated heterocycles.